The number of amides is 2. The lowest BCUT2D eigenvalue weighted by Crippen LogP contribution is -2.58. The molecule has 2 amide bonds. The normalized spacial score (nSPS) is 32.7. The van der Waals surface area contributed by atoms with Crippen molar-refractivity contribution in [1.82, 2.24) is 24.9 Å². The molecule has 0 radical (unpaired) electrons. The first-order valence-corrected chi connectivity index (χ1v) is 12.8. The molecule has 4 aliphatic carbocycles. The van der Waals surface area contributed by atoms with E-state index in [0.29, 0.717) is 11.1 Å². The Morgan fingerprint density at radius 3 is 2.61 bits per heavy atom. The Balaban J connectivity index is 1.17. The van der Waals surface area contributed by atoms with Crippen LogP contribution in [-0.4, -0.2) is 58.3 Å². The van der Waals surface area contributed by atoms with Crippen LogP contribution >= 0.6 is 0 Å². The summed E-state index contributed by atoms with van der Waals surface area (Å²) in [6, 6.07) is 5.69. The number of carbonyl (C=O) groups excluding carboxylic acids is 2. The molecule has 0 spiro atoms. The highest BCUT2D eigenvalue weighted by atomic mass is 16.2. The lowest BCUT2D eigenvalue weighted by molar-refractivity contribution is -0.140. The van der Waals surface area contributed by atoms with Gasteiger partial charge in [0.1, 0.15) is 11.3 Å². The van der Waals surface area contributed by atoms with Crippen molar-refractivity contribution < 1.29 is 9.59 Å². The van der Waals surface area contributed by atoms with Gasteiger partial charge >= 0.3 is 0 Å². The third-order valence-corrected chi connectivity index (χ3v) is 8.76. The number of nitrogens with one attached hydrogen (secondary N) is 2. The molecule has 0 unspecified atom stereocenters. The molecule has 2 N–H and O–H groups in total. The Morgan fingerprint density at radius 1 is 1.15 bits per heavy atom. The van der Waals surface area contributed by atoms with E-state index in [4.69, 9.17) is 0 Å². The van der Waals surface area contributed by atoms with Crippen molar-refractivity contribution in [1.29, 1.82) is 0 Å². The second-order valence-electron chi connectivity index (χ2n) is 11.2. The molecule has 0 aromatic carbocycles. The Labute approximate surface area is 195 Å². The first kappa shape index (κ1) is 21.1. The van der Waals surface area contributed by atoms with Crippen LogP contribution in [0.5, 0.6) is 0 Å². The molecule has 5 fully saturated rings. The van der Waals surface area contributed by atoms with Gasteiger partial charge in [0.15, 0.2) is 0 Å². The molecule has 2 aromatic rings. The maximum Gasteiger partial charge on any atom is 0.268 e. The van der Waals surface area contributed by atoms with E-state index < -0.39 is 0 Å². The summed E-state index contributed by atoms with van der Waals surface area (Å²) in [4.78, 5) is 32.9. The van der Waals surface area contributed by atoms with Crippen LogP contribution in [0, 0.1) is 23.2 Å². The van der Waals surface area contributed by atoms with Gasteiger partial charge in [0.05, 0.1) is 6.54 Å². The van der Waals surface area contributed by atoms with Gasteiger partial charge in [-0.15, -0.1) is 0 Å². The minimum Gasteiger partial charge on any atom is -0.342 e. The van der Waals surface area contributed by atoms with Gasteiger partial charge in [-0.25, -0.2) is 4.98 Å². The third kappa shape index (κ3) is 4.05. The minimum absolute atomic E-state index is 0.0484. The summed E-state index contributed by atoms with van der Waals surface area (Å²) in [6.07, 6.45) is 13.7. The monoisotopic (exact) mass is 449 g/mol. The van der Waals surface area contributed by atoms with E-state index in [1.54, 1.807) is 22.9 Å². The van der Waals surface area contributed by atoms with E-state index in [1.807, 2.05) is 12.1 Å². The standard InChI is InChI=1S/C26H35N5O2/c32-24(16-29-25(33)22-4-1-5-23-28-7-8-30(22)23)31(21-3-2-6-27-15-21)17-26-12-18-9-19(13-26)11-20(10-18)14-26/h1,4-5,7-8,18-21,27H,2-3,6,9-17H2,(H,29,33)/t18?,19?,20?,21-,26?/m0/s1. The smallest absolute Gasteiger partial charge is 0.268 e. The lowest BCUT2D eigenvalue weighted by Gasteiger charge is -2.58. The fourth-order valence-corrected chi connectivity index (χ4v) is 7.85. The molecule has 1 saturated heterocycles. The van der Waals surface area contributed by atoms with Crippen molar-refractivity contribution in [3.63, 3.8) is 0 Å². The van der Waals surface area contributed by atoms with Crippen LogP contribution in [0.1, 0.15) is 61.9 Å². The SMILES string of the molecule is O=C(NCC(=O)N(CC12CC3CC(CC(C3)C1)C2)[C@H]1CCCNC1)c1cccc2nccn12. The first-order valence-electron chi connectivity index (χ1n) is 12.8. The molecule has 4 saturated carbocycles. The van der Waals surface area contributed by atoms with Crippen LogP contribution in [0.4, 0.5) is 0 Å². The molecule has 7 nitrogen and oxygen atoms in total. The third-order valence-electron chi connectivity index (χ3n) is 8.76. The van der Waals surface area contributed by atoms with Crippen LogP contribution < -0.4 is 10.6 Å². The van der Waals surface area contributed by atoms with E-state index in [2.05, 4.69) is 20.5 Å². The molecule has 2 aromatic heterocycles. The highest BCUT2D eigenvalue weighted by Gasteiger charge is 2.52. The van der Waals surface area contributed by atoms with Crippen molar-refractivity contribution in [2.75, 3.05) is 26.2 Å². The number of hydrogen-bond acceptors (Lipinski definition) is 4. The zero-order valence-corrected chi connectivity index (χ0v) is 19.3. The van der Waals surface area contributed by atoms with E-state index in [-0.39, 0.29) is 24.4 Å². The topological polar surface area (TPSA) is 78.7 Å². The number of imidazole rings is 1. The van der Waals surface area contributed by atoms with Crippen LogP contribution in [-0.2, 0) is 4.79 Å². The van der Waals surface area contributed by atoms with Gasteiger partial charge in [-0.3, -0.25) is 14.0 Å². The summed E-state index contributed by atoms with van der Waals surface area (Å²) in [7, 11) is 0. The van der Waals surface area contributed by atoms with Crippen LogP contribution in [0.15, 0.2) is 30.6 Å². The van der Waals surface area contributed by atoms with Crippen LogP contribution in [0.25, 0.3) is 5.65 Å². The Kier molecular flexibility index (Phi) is 5.40. The summed E-state index contributed by atoms with van der Waals surface area (Å²) < 4.78 is 1.76. The predicted octanol–water partition coefficient (Wildman–Crippen LogP) is 2.86. The molecule has 7 heteroatoms. The van der Waals surface area contributed by atoms with E-state index in [1.165, 1.54) is 38.5 Å². The fraction of sp³-hybridized carbons (Fsp3) is 0.654. The van der Waals surface area contributed by atoms with Crippen molar-refractivity contribution in [3.8, 4) is 0 Å². The van der Waals surface area contributed by atoms with E-state index in [0.717, 1.165) is 55.9 Å². The molecule has 1 aliphatic heterocycles. The van der Waals surface area contributed by atoms with Crippen LogP contribution in [0.3, 0.4) is 0 Å². The number of piperidine rings is 1. The average molecular weight is 450 g/mol. The molecular formula is C26H35N5O2. The van der Waals surface area contributed by atoms with Gasteiger partial charge in [0.25, 0.3) is 5.91 Å². The van der Waals surface area contributed by atoms with Gasteiger partial charge in [-0.05, 0) is 93.2 Å². The highest BCUT2D eigenvalue weighted by Crippen LogP contribution is 2.60. The number of hydrogen-bond donors (Lipinski definition) is 2. The summed E-state index contributed by atoms with van der Waals surface area (Å²) in [5.41, 5.74) is 1.53. The maximum atomic E-state index is 13.6. The van der Waals surface area contributed by atoms with Crippen molar-refractivity contribution in [2.45, 2.75) is 57.4 Å². The second-order valence-corrected chi connectivity index (χ2v) is 11.2. The lowest BCUT2D eigenvalue weighted by atomic mass is 9.49. The van der Waals surface area contributed by atoms with E-state index >= 15 is 0 Å². The molecule has 7 rings (SSSR count). The van der Waals surface area contributed by atoms with Crippen molar-refractivity contribution in [2.24, 2.45) is 23.2 Å². The molecule has 176 valence electrons. The number of carbonyl (C=O) groups is 2. The molecule has 1 atom stereocenters. The van der Waals surface area contributed by atoms with Gasteiger partial charge in [-0.2, -0.15) is 0 Å². The highest BCUT2D eigenvalue weighted by molar-refractivity contribution is 5.95. The number of fused-ring (bicyclic) bond motifs is 1. The number of pyridine rings is 1. The van der Waals surface area contributed by atoms with Crippen molar-refractivity contribution in [3.05, 3.63) is 36.3 Å². The summed E-state index contributed by atoms with van der Waals surface area (Å²) >= 11 is 0. The summed E-state index contributed by atoms with van der Waals surface area (Å²) in [5.74, 6) is 2.43. The number of rotatable bonds is 6. The summed E-state index contributed by atoms with van der Waals surface area (Å²) in [5, 5.41) is 6.40. The Bertz CT molecular complexity index is 1000. The molecular weight excluding hydrogens is 414 g/mol. The van der Waals surface area contributed by atoms with Gasteiger partial charge < -0.3 is 15.5 Å². The van der Waals surface area contributed by atoms with Crippen molar-refractivity contribution >= 4 is 17.5 Å². The Morgan fingerprint density at radius 2 is 1.91 bits per heavy atom. The molecule has 4 bridgehead atoms. The molecule has 33 heavy (non-hydrogen) atoms. The maximum absolute atomic E-state index is 13.6. The average Bonchev–Trinajstić information content (AvgIpc) is 3.29. The van der Waals surface area contributed by atoms with Gasteiger partial charge in [0.2, 0.25) is 5.91 Å². The van der Waals surface area contributed by atoms with Crippen LogP contribution in [0.2, 0.25) is 0 Å². The van der Waals surface area contributed by atoms with Gasteiger partial charge in [0, 0.05) is 31.5 Å². The number of nitrogens with zero attached hydrogens (tertiary/aromatic N) is 3. The minimum atomic E-state index is -0.233. The van der Waals surface area contributed by atoms with Gasteiger partial charge in [-0.1, -0.05) is 6.07 Å². The number of aromatic nitrogens is 2. The fourth-order valence-electron chi connectivity index (χ4n) is 7.85. The first-order chi connectivity index (χ1) is 16.1. The molecule has 5 aliphatic rings. The zero-order valence-electron chi connectivity index (χ0n) is 19.3. The summed E-state index contributed by atoms with van der Waals surface area (Å²) in [6.45, 7) is 2.81. The second kappa shape index (κ2) is 8.42. The predicted molar refractivity (Wildman–Crippen MR) is 126 cm³/mol. The zero-order chi connectivity index (χ0) is 22.4. The molecule has 3 heterocycles. The quantitative estimate of drug-likeness (QED) is 0.711. The largest absolute Gasteiger partial charge is 0.342 e. The Hall–Kier alpha value is -2.41. The van der Waals surface area contributed by atoms with E-state index in [9.17, 15) is 9.59 Å².